The van der Waals surface area contributed by atoms with Gasteiger partial charge in [0.05, 0.1) is 12.1 Å². The first kappa shape index (κ1) is 75.3. The maximum Gasteiger partial charge on any atom is 0.413 e. The van der Waals surface area contributed by atoms with Crippen LogP contribution in [0.4, 0.5) is 9.59 Å². The molecule has 5 aliphatic carbocycles. The highest BCUT2D eigenvalue weighted by atomic mass is 16.6. The topological polar surface area (TPSA) is 137 Å². The summed E-state index contributed by atoms with van der Waals surface area (Å²) in [5.41, 5.74) is 13.3. The summed E-state index contributed by atoms with van der Waals surface area (Å²) in [5, 5.41) is 36.5. The van der Waals surface area contributed by atoms with E-state index < -0.39 is 12.2 Å². The predicted octanol–water partition coefficient (Wildman–Crippen LogP) is 24.4. The second-order valence-corrected chi connectivity index (χ2v) is 30.6. The van der Waals surface area contributed by atoms with Gasteiger partial charge in [0.25, 0.3) is 0 Å². The van der Waals surface area contributed by atoms with Gasteiger partial charge in [-0.15, -0.1) is 0 Å². The number of phenols is 3. The Labute approximate surface area is 584 Å². The number of hydrogen-bond acceptors (Lipinski definition) is 7. The average molecular weight is 1320 g/mol. The third-order valence-electron chi connectivity index (χ3n) is 21.3. The van der Waals surface area contributed by atoms with Gasteiger partial charge in [0.1, 0.15) is 28.7 Å². The average Bonchev–Trinajstić information content (AvgIpc) is 1.21. The summed E-state index contributed by atoms with van der Waals surface area (Å²) in [4.78, 5) is 25.2. The lowest BCUT2D eigenvalue weighted by molar-refractivity contribution is 0.194. The van der Waals surface area contributed by atoms with Crippen LogP contribution in [0.3, 0.4) is 0 Å². The summed E-state index contributed by atoms with van der Waals surface area (Å²) in [5.74, 6) is 11.1. The Hall–Kier alpha value is -7.52. The molecule has 2 unspecified atom stereocenters. The van der Waals surface area contributed by atoms with Gasteiger partial charge in [-0.05, 0) is 234 Å². The Kier molecular flexibility index (Phi) is 27.0. The van der Waals surface area contributed by atoms with E-state index in [0.717, 1.165) is 96.0 Å². The van der Waals surface area contributed by atoms with Crippen LogP contribution in [0.15, 0.2) is 152 Å². The predicted molar refractivity (Wildman–Crippen MR) is 401 cm³/mol. The summed E-state index contributed by atoms with van der Waals surface area (Å²) in [7, 11) is 0. The molecule has 522 valence electrons. The van der Waals surface area contributed by atoms with Crippen molar-refractivity contribution in [3.05, 3.63) is 218 Å². The summed E-state index contributed by atoms with van der Waals surface area (Å²) in [6.07, 6.45) is 12.2. The molecule has 12 rings (SSSR count). The number of amides is 2. The Morgan fingerprint density at radius 1 is 0.289 bits per heavy atom. The lowest BCUT2D eigenvalue weighted by atomic mass is 9.90. The number of rotatable bonds is 21. The number of aromatic hydroxyl groups is 3. The Balaban J connectivity index is 0.000000159. The Morgan fingerprint density at radius 2 is 0.495 bits per heavy atom. The summed E-state index contributed by atoms with van der Waals surface area (Å²) in [6.45, 7) is 36.4. The zero-order valence-electron chi connectivity index (χ0n) is 61.8. The summed E-state index contributed by atoms with van der Waals surface area (Å²) < 4.78 is 11.8. The standard InChI is InChI=1S/2C23H29NO2.3C14H20O/c2*1-15(2)20-11-8-12-21(16(3)18-13-14-18)22(20)26-23(25)24-17(4)19-9-6-5-7-10-19;3*1-9(2)12-5-4-6-13(14(12)15)10(3)11-7-8-11/h2*5-12,15-18H,13-14H2,1-4H3,(H,24,25);3*4-6,9-11,15H,7-8H2,1-3H3/t16?,17-;16-,17-;2*10-;/m1111./s1. The SMILES string of the molecule is CC(C)c1cccc(C(C)C2CC2)c1O.CC(C)c1cccc(C(C)C2CC2)c1OC(=O)N[C@H](C)c1ccccc1.CC(C)c1cccc([C@H](C)C2CC2)c1O.CC(C)c1cccc([C@H](C)C2CC2)c1O.CC(C)c1cccc([C@H](C)C2CC2)c1OC(=O)N[C@H](C)c1ccccc1. The van der Waals surface area contributed by atoms with Crippen molar-refractivity contribution in [2.24, 2.45) is 29.6 Å². The highest BCUT2D eigenvalue weighted by Gasteiger charge is 2.36. The van der Waals surface area contributed by atoms with E-state index in [1.54, 1.807) is 0 Å². The normalized spacial score (nSPS) is 17.1. The van der Waals surface area contributed by atoms with Crippen molar-refractivity contribution in [1.82, 2.24) is 10.6 Å². The molecule has 2 amide bonds. The number of ether oxygens (including phenoxy) is 2. The molecule has 0 heterocycles. The van der Waals surface area contributed by atoms with E-state index in [1.165, 1.54) is 64.2 Å². The van der Waals surface area contributed by atoms with Crippen molar-refractivity contribution < 1.29 is 34.4 Å². The molecule has 0 aliphatic heterocycles. The van der Waals surface area contributed by atoms with Gasteiger partial charge in [-0.3, -0.25) is 0 Å². The second-order valence-electron chi connectivity index (χ2n) is 30.6. The van der Waals surface area contributed by atoms with E-state index in [4.69, 9.17) is 9.47 Å². The van der Waals surface area contributed by atoms with Crippen LogP contribution in [-0.4, -0.2) is 27.5 Å². The van der Waals surface area contributed by atoms with Gasteiger partial charge in [0, 0.05) is 0 Å². The molecule has 7 atom stereocenters. The molecule has 5 aliphatic rings. The molecule has 0 saturated heterocycles. The largest absolute Gasteiger partial charge is 0.507 e. The van der Waals surface area contributed by atoms with Gasteiger partial charge in [-0.25, -0.2) is 9.59 Å². The quantitative estimate of drug-likeness (QED) is 0.0483. The molecular formula is C88H118N2O7. The molecule has 0 aromatic heterocycles. The monoisotopic (exact) mass is 1310 g/mol. The van der Waals surface area contributed by atoms with E-state index >= 15 is 0 Å². The van der Waals surface area contributed by atoms with Crippen LogP contribution in [0.2, 0.25) is 0 Å². The molecule has 5 fully saturated rings. The van der Waals surface area contributed by atoms with Crippen LogP contribution in [-0.2, 0) is 0 Å². The third kappa shape index (κ3) is 21.0. The number of phenolic OH excluding ortho intramolecular Hbond substituents is 3. The Bertz CT molecular complexity index is 3330. The van der Waals surface area contributed by atoms with Crippen LogP contribution < -0.4 is 20.1 Å². The minimum Gasteiger partial charge on any atom is -0.507 e. The molecule has 7 aromatic carbocycles. The molecule has 5 N–H and O–H groups in total. The van der Waals surface area contributed by atoms with Crippen LogP contribution in [0.25, 0.3) is 0 Å². The molecule has 7 aromatic rings. The first-order valence-electron chi connectivity index (χ1n) is 37.0. The number of carbonyl (C=O) groups is 2. The maximum atomic E-state index is 12.6. The van der Waals surface area contributed by atoms with Gasteiger partial charge < -0.3 is 35.4 Å². The van der Waals surface area contributed by atoms with Crippen LogP contribution in [0.1, 0.15) is 320 Å². The van der Waals surface area contributed by atoms with Crippen molar-refractivity contribution in [1.29, 1.82) is 0 Å². The van der Waals surface area contributed by atoms with Gasteiger partial charge in [-0.1, -0.05) is 256 Å². The minimum atomic E-state index is -0.390. The molecule has 97 heavy (non-hydrogen) atoms. The first-order chi connectivity index (χ1) is 46.3. The van der Waals surface area contributed by atoms with Crippen molar-refractivity contribution in [2.45, 2.75) is 253 Å². The highest BCUT2D eigenvalue weighted by molar-refractivity contribution is 5.73. The van der Waals surface area contributed by atoms with E-state index in [2.05, 4.69) is 187 Å². The molecule has 0 bridgehead atoms. The number of hydrogen-bond donors (Lipinski definition) is 5. The van der Waals surface area contributed by atoms with Gasteiger partial charge in [0.2, 0.25) is 0 Å². The van der Waals surface area contributed by atoms with Crippen LogP contribution in [0.5, 0.6) is 28.7 Å². The zero-order chi connectivity index (χ0) is 70.4. The molecule has 0 spiro atoms. The molecule has 9 nitrogen and oxygen atoms in total. The maximum absolute atomic E-state index is 12.6. The van der Waals surface area contributed by atoms with Crippen molar-refractivity contribution in [2.75, 3.05) is 0 Å². The first-order valence-corrected chi connectivity index (χ1v) is 37.0. The fourth-order valence-corrected chi connectivity index (χ4v) is 13.7. The van der Waals surface area contributed by atoms with E-state index in [0.29, 0.717) is 88.3 Å². The molecule has 0 radical (unpaired) electrons. The fraction of sp³-hybridized carbons (Fsp3) is 0.500. The summed E-state index contributed by atoms with van der Waals surface area (Å²) in [6, 6.07) is 50.7. The van der Waals surface area contributed by atoms with E-state index in [-0.39, 0.29) is 12.1 Å². The lowest BCUT2D eigenvalue weighted by Gasteiger charge is -2.22. The van der Waals surface area contributed by atoms with E-state index in [1.807, 2.05) is 92.7 Å². The zero-order valence-corrected chi connectivity index (χ0v) is 61.8. The third-order valence-corrected chi connectivity index (χ3v) is 21.3. The van der Waals surface area contributed by atoms with Crippen molar-refractivity contribution in [3.8, 4) is 28.7 Å². The van der Waals surface area contributed by atoms with Crippen LogP contribution in [0, 0.1) is 29.6 Å². The fourth-order valence-electron chi connectivity index (χ4n) is 13.7. The summed E-state index contributed by atoms with van der Waals surface area (Å²) >= 11 is 0. The molecule has 9 heteroatoms. The van der Waals surface area contributed by atoms with Gasteiger partial charge in [0.15, 0.2) is 0 Å². The number of nitrogens with one attached hydrogen (secondary N) is 2. The molecular weight excluding hydrogens is 1200 g/mol. The number of carbonyl (C=O) groups excluding carboxylic acids is 2. The number of para-hydroxylation sites is 5. The molecule has 5 saturated carbocycles. The minimum absolute atomic E-state index is 0.0979. The number of benzene rings is 7. The smallest absolute Gasteiger partial charge is 0.413 e. The van der Waals surface area contributed by atoms with Crippen LogP contribution >= 0.6 is 0 Å². The van der Waals surface area contributed by atoms with Crippen molar-refractivity contribution >= 4 is 12.2 Å². The van der Waals surface area contributed by atoms with Gasteiger partial charge in [-0.2, -0.15) is 0 Å². The van der Waals surface area contributed by atoms with Crippen molar-refractivity contribution in [3.63, 3.8) is 0 Å². The second kappa shape index (κ2) is 34.8. The lowest BCUT2D eigenvalue weighted by Crippen LogP contribution is -2.30. The highest BCUT2D eigenvalue weighted by Crippen LogP contribution is 2.51. The van der Waals surface area contributed by atoms with E-state index in [9.17, 15) is 24.9 Å². The Morgan fingerprint density at radius 3 is 0.722 bits per heavy atom. The van der Waals surface area contributed by atoms with Gasteiger partial charge >= 0.3 is 12.2 Å².